The van der Waals surface area contributed by atoms with Gasteiger partial charge < -0.3 is 10.2 Å². The lowest BCUT2D eigenvalue weighted by Gasteiger charge is -2.32. The molecule has 1 unspecified atom stereocenters. The van der Waals surface area contributed by atoms with E-state index in [4.69, 9.17) is 0 Å². The first kappa shape index (κ1) is 15.8. The molecule has 1 atom stereocenters. The summed E-state index contributed by atoms with van der Waals surface area (Å²) in [4.78, 5) is 14.4. The zero-order chi connectivity index (χ0) is 13.9. The summed E-state index contributed by atoms with van der Waals surface area (Å²) in [6.07, 6.45) is 0.494. The van der Waals surface area contributed by atoms with Crippen molar-refractivity contribution < 1.29 is 4.79 Å². The summed E-state index contributed by atoms with van der Waals surface area (Å²) in [5, 5.41) is 5.75. The third kappa shape index (κ3) is 3.55. The molecule has 3 rings (SSSR count). The normalized spacial score (nSPS) is 18.3. The predicted octanol–water partition coefficient (Wildman–Crippen LogP) is 2.62. The number of hydrogen-bond donors (Lipinski definition) is 1. The second-order valence-electron chi connectivity index (χ2n) is 5.51. The Hall–Kier alpha value is -1.58. The van der Waals surface area contributed by atoms with Crippen molar-refractivity contribution >= 4 is 29.1 Å². The maximum atomic E-state index is 12.5. The predicted molar refractivity (Wildman–Crippen MR) is 88.9 cm³/mol. The fourth-order valence-corrected chi connectivity index (χ4v) is 2.88. The minimum absolute atomic E-state index is 0. The Morgan fingerprint density at radius 3 is 2.81 bits per heavy atom. The second-order valence-corrected chi connectivity index (χ2v) is 5.51. The molecule has 0 aliphatic carbocycles. The van der Waals surface area contributed by atoms with Crippen LogP contribution in [0.3, 0.4) is 0 Å². The van der Waals surface area contributed by atoms with Crippen LogP contribution in [0, 0.1) is 0 Å². The molecule has 1 aliphatic rings. The molecule has 2 aromatic carbocycles. The molecule has 1 N–H and O–H groups in total. The van der Waals surface area contributed by atoms with Gasteiger partial charge in [0.05, 0.1) is 6.42 Å². The van der Waals surface area contributed by atoms with Gasteiger partial charge in [-0.2, -0.15) is 0 Å². The van der Waals surface area contributed by atoms with Crippen molar-refractivity contribution in [3.63, 3.8) is 0 Å². The lowest BCUT2D eigenvalue weighted by Crippen LogP contribution is -2.51. The highest BCUT2D eigenvalue weighted by Crippen LogP contribution is 2.19. The van der Waals surface area contributed by atoms with Crippen molar-refractivity contribution in [2.24, 2.45) is 0 Å². The van der Waals surface area contributed by atoms with Gasteiger partial charge in [-0.15, -0.1) is 12.4 Å². The Kier molecular flexibility index (Phi) is 5.21. The van der Waals surface area contributed by atoms with E-state index in [-0.39, 0.29) is 18.3 Å². The van der Waals surface area contributed by atoms with Gasteiger partial charge in [-0.25, -0.2) is 0 Å². The summed E-state index contributed by atoms with van der Waals surface area (Å²) in [5.74, 6) is 0.231. The Balaban J connectivity index is 0.00000161. The smallest absolute Gasteiger partial charge is 0.227 e. The monoisotopic (exact) mass is 304 g/mol. The van der Waals surface area contributed by atoms with Gasteiger partial charge in [0, 0.05) is 25.7 Å². The summed E-state index contributed by atoms with van der Waals surface area (Å²) in [6.45, 7) is 4.64. The van der Waals surface area contributed by atoms with Gasteiger partial charge in [-0.1, -0.05) is 42.5 Å². The maximum absolute atomic E-state index is 12.5. The van der Waals surface area contributed by atoms with Crippen LogP contribution in [0.5, 0.6) is 0 Å². The molecular weight excluding hydrogens is 284 g/mol. The maximum Gasteiger partial charge on any atom is 0.227 e. The Labute approximate surface area is 131 Å². The topological polar surface area (TPSA) is 32.3 Å². The highest BCUT2D eigenvalue weighted by atomic mass is 35.5. The number of carbonyl (C=O) groups is 1. The van der Waals surface area contributed by atoms with Gasteiger partial charge in [0.1, 0.15) is 0 Å². The molecule has 0 bridgehead atoms. The first-order valence-electron chi connectivity index (χ1n) is 7.22. The molecule has 2 aromatic rings. The zero-order valence-corrected chi connectivity index (χ0v) is 13.0. The van der Waals surface area contributed by atoms with Crippen LogP contribution in [0.15, 0.2) is 42.5 Å². The third-order valence-corrected chi connectivity index (χ3v) is 3.94. The van der Waals surface area contributed by atoms with Crippen LogP contribution in [0.2, 0.25) is 0 Å². The first-order chi connectivity index (χ1) is 9.74. The lowest BCUT2D eigenvalue weighted by molar-refractivity contribution is -0.131. The fraction of sp³-hybridized carbons (Fsp3) is 0.353. The number of nitrogens with one attached hydrogen (secondary N) is 1. The fourth-order valence-electron chi connectivity index (χ4n) is 2.88. The summed E-state index contributed by atoms with van der Waals surface area (Å²) in [6, 6.07) is 14.8. The van der Waals surface area contributed by atoms with E-state index in [1.54, 1.807) is 0 Å². The number of fused-ring (bicyclic) bond motifs is 1. The number of rotatable bonds is 2. The van der Waals surface area contributed by atoms with E-state index in [2.05, 4.69) is 36.5 Å². The van der Waals surface area contributed by atoms with E-state index in [0.29, 0.717) is 12.5 Å². The summed E-state index contributed by atoms with van der Waals surface area (Å²) in [7, 11) is 0. The summed E-state index contributed by atoms with van der Waals surface area (Å²) in [5.41, 5.74) is 1.12. The van der Waals surface area contributed by atoms with E-state index < -0.39 is 0 Å². The molecule has 1 heterocycles. The minimum Gasteiger partial charge on any atom is -0.340 e. The number of hydrogen-bond acceptors (Lipinski definition) is 2. The van der Waals surface area contributed by atoms with Crippen molar-refractivity contribution in [2.45, 2.75) is 19.4 Å². The van der Waals surface area contributed by atoms with E-state index in [0.717, 1.165) is 25.2 Å². The molecule has 1 amide bonds. The Morgan fingerprint density at radius 1 is 1.24 bits per heavy atom. The highest BCUT2D eigenvalue weighted by molar-refractivity contribution is 5.90. The van der Waals surface area contributed by atoms with Crippen molar-refractivity contribution in [3.05, 3.63) is 48.0 Å². The molecule has 1 aliphatic heterocycles. The molecule has 1 saturated heterocycles. The van der Waals surface area contributed by atoms with Crippen LogP contribution in [-0.4, -0.2) is 36.5 Å². The SMILES string of the molecule is CC1CN(C(=O)Cc2cccc3ccccc23)CCN1.Cl. The number of piperazine rings is 1. The second kappa shape index (κ2) is 6.92. The molecule has 0 radical (unpaired) electrons. The highest BCUT2D eigenvalue weighted by Gasteiger charge is 2.20. The quantitative estimate of drug-likeness (QED) is 0.925. The largest absolute Gasteiger partial charge is 0.340 e. The van der Waals surface area contributed by atoms with Gasteiger partial charge >= 0.3 is 0 Å². The lowest BCUT2D eigenvalue weighted by atomic mass is 10.0. The number of halogens is 1. The van der Waals surface area contributed by atoms with Crippen LogP contribution in [0.25, 0.3) is 10.8 Å². The van der Waals surface area contributed by atoms with Gasteiger partial charge in [0.2, 0.25) is 5.91 Å². The van der Waals surface area contributed by atoms with Gasteiger partial charge in [-0.3, -0.25) is 4.79 Å². The first-order valence-corrected chi connectivity index (χ1v) is 7.22. The van der Waals surface area contributed by atoms with Crippen LogP contribution in [0.4, 0.5) is 0 Å². The van der Waals surface area contributed by atoms with E-state index in [1.165, 1.54) is 10.8 Å². The molecule has 0 saturated carbocycles. The zero-order valence-electron chi connectivity index (χ0n) is 12.2. The molecule has 0 spiro atoms. The number of benzene rings is 2. The molecule has 21 heavy (non-hydrogen) atoms. The molecule has 1 fully saturated rings. The number of amides is 1. The molecular formula is C17H21ClN2O. The standard InChI is InChI=1S/C17H20N2O.ClH/c1-13-12-19(10-9-18-13)17(20)11-15-7-4-6-14-5-2-3-8-16(14)15;/h2-8,13,18H,9-12H2,1H3;1H. The van der Waals surface area contributed by atoms with Crippen LogP contribution in [0.1, 0.15) is 12.5 Å². The molecule has 112 valence electrons. The van der Waals surface area contributed by atoms with Crippen LogP contribution in [-0.2, 0) is 11.2 Å². The van der Waals surface area contributed by atoms with E-state index >= 15 is 0 Å². The number of carbonyl (C=O) groups excluding carboxylic acids is 1. The van der Waals surface area contributed by atoms with Crippen LogP contribution < -0.4 is 5.32 Å². The summed E-state index contributed by atoms with van der Waals surface area (Å²) >= 11 is 0. The number of nitrogens with zero attached hydrogens (tertiary/aromatic N) is 1. The molecule has 4 heteroatoms. The average molecular weight is 305 g/mol. The van der Waals surface area contributed by atoms with Crippen LogP contribution >= 0.6 is 12.4 Å². The third-order valence-electron chi connectivity index (χ3n) is 3.94. The van der Waals surface area contributed by atoms with Crippen molar-refractivity contribution in [1.82, 2.24) is 10.2 Å². The van der Waals surface area contributed by atoms with Gasteiger partial charge in [0.25, 0.3) is 0 Å². The molecule has 3 nitrogen and oxygen atoms in total. The van der Waals surface area contributed by atoms with Crippen molar-refractivity contribution in [3.8, 4) is 0 Å². The Bertz CT molecular complexity index is 624. The van der Waals surface area contributed by atoms with Gasteiger partial charge in [0.15, 0.2) is 0 Å². The Morgan fingerprint density at radius 2 is 2.00 bits per heavy atom. The minimum atomic E-state index is 0. The van der Waals surface area contributed by atoms with E-state index in [1.807, 2.05) is 23.1 Å². The molecule has 0 aromatic heterocycles. The van der Waals surface area contributed by atoms with E-state index in [9.17, 15) is 4.79 Å². The van der Waals surface area contributed by atoms with Crippen molar-refractivity contribution in [1.29, 1.82) is 0 Å². The summed E-state index contributed by atoms with van der Waals surface area (Å²) < 4.78 is 0. The van der Waals surface area contributed by atoms with Crippen molar-refractivity contribution in [2.75, 3.05) is 19.6 Å². The average Bonchev–Trinajstić information content (AvgIpc) is 2.47. The van der Waals surface area contributed by atoms with Gasteiger partial charge in [-0.05, 0) is 23.3 Å².